The summed E-state index contributed by atoms with van der Waals surface area (Å²) in [4.78, 5) is 10.2. The molecule has 0 spiro atoms. The Morgan fingerprint density at radius 2 is 1.67 bits per heavy atom. The number of rotatable bonds is 4. The van der Waals surface area contributed by atoms with E-state index in [1.807, 2.05) is 12.4 Å². The van der Waals surface area contributed by atoms with E-state index in [2.05, 4.69) is 23.6 Å². The average molecular weight is 243 g/mol. The van der Waals surface area contributed by atoms with E-state index in [1.54, 1.807) is 12.1 Å². The van der Waals surface area contributed by atoms with Gasteiger partial charge in [0.1, 0.15) is 0 Å². The molecule has 4 nitrogen and oxygen atoms in total. The number of nitro benzene ring substituents is 1. The Hall–Kier alpha value is -2.23. The van der Waals surface area contributed by atoms with Gasteiger partial charge in [-0.25, -0.2) is 4.57 Å². The zero-order chi connectivity index (χ0) is 13.0. The Labute approximate surface area is 106 Å². The molecule has 0 fully saturated rings. The minimum Gasteiger partial charge on any atom is -0.258 e. The van der Waals surface area contributed by atoms with Gasteiger partial charge in [0.15, 0.2) is 18.9 Å². The highest BCUT2D eigenvalue weighted by molar-refractivity contribution is 5.32. The van der Waals surface area contributed by atoms with Crippen molar-refractivity contribution in [3.05, 3.63) is 70.0 Å². The monoisotopic (exact) mass is 243 g/mol. The van der Waals surface area contributed by atoms with Crippen LogP contribution in [-0.2, 0) is 13.0 Å². The molecule has 0 saturated heterocycles. The maximum atomic E-state index is 10.5. The number of hydrogen-bond donors (Lipinski definition) is 0. The van der Waals surface area contributed by atoms with Gasteiger partial charge in [0.25, 0.3) is 5.69 Å². The van der Waals surface area contributed by atoms with Crippen LogP contribution in [0.2, 0.25) is 0 Å². The first kappa shape index (κ1) is 12.2. The van der Waals surface area contributed by atoms with Crippen LogP contribution in [0.3, 0.4) is 0 Å². The fraction of sp³-hybridized carbons (Fsp3) is 0.214. The summed E-state index contributed by atoms with van der Waals surface area (Å²) in [5, 5.41) is 10.5. The maximum absolute atomic E-state index is 10.5. The average Bonchev–Trinajstić information content (AvgIpc) is 2.40. The van der Waals surface area contributed by atoms with E-state index in [4.69, 9.17) is 0 Å². The lowest BCUT2D eigenvalue weighted by molar-refractivity contribution is -0.688. The Morgan fingerprint density at radius 3 is 2.17 bits per heavy atom. The smallest absolute Gasteiger partial charge is 0.258 e. The molecule has 92 valence electrons. The number of nitro groups is 1. The van der Waals surface area contributed by atoms with E-state index in [-0.39, 0.29) is 10.6 Å². The van der Waals surface area contributed by atoms with Crippen molar-refractivity contribution in [2.24, 2.45) is 0 Å². The van der Waals surface area contributed by atoms with Crippen LogP contribution in [0.15, 0.2) is 48.8 Å². The van der Waals surface area contributed by atoms with Crippen molar-refractivity contribution in [1.82, 2.24) is 0 Å². The molecule has 0 amide bonds. The molecule has 0 N–H and O–H groups in total. The van der Waals surface area contributed by atoms with E-state index in [0.717, 1.165) is 18.5 Å². The summed E-state index contributed by atoms with van der Waals surface area (Å²) in [6.07, 6.45) is 5.08. The molecule has 0 bridgehead atoms. The first-order chi connectivity index (χ1) is 8.69. The fourth-order valence-corrected chi connectivity index (χ4v) is 1.76. The highest BCUT2D eigenvalue weighted by atomic mass is 16.6. The topological polar surface area (TPSA) is 47.0 Å². The lowest BCUT2D eigenvalue weighted by Gasteiger charge is -1.99. The van der Waals surface area contributed by atoms with Crippen LogP contribution in [0.25, 0.3) is 0 Å². The highest BCUT2D eigenvalue weighted by Crippen LogP contribution is 2.11. The highest BCUT2D eigenvalue weighted by Gasteiger charge is 2.06. The van der Waals surface area contributed by atoms with Gasteiger partial charge >= 0.3 is 0 Å². The van der Waals surface area contributed by atoms with Crippen molar-refractivity contribution in [1.29, 1.82) is 0 Å². The lowest BCUT2D eigenvalue weighted by atomic mass is 10.2. The zero-order valence-corrected chi connectivity index (χ0v) is 10.2. The molecule has 0 saturated carbocycles. The molecule has 0 atom stereocenters. The van der Waals surface area contributed by atoms with Crippen LogP contribution in [0.1, 0.15) is 18.1 Å². The van der Waals surface area contributed by atoms with Crippen molar-refractivity contribution in [2.75, 3.05) is 0 Å². The molecule has 0 aliphatic rings. The van der Waals surface area contributed by atoms with Crippen LogP contribution in [-0.4, -0.2) is 4.92 Å². The van der Waals surface area contributed by atoms with Crippen LogP contribution < -0.4 is 4.57 Å². The van der Waals surface area contributed by atoms with E-state index >= 15 is 0 Å². The normalized spacial score (nSPS) is 10.3. The number of aromatic nitrogens is 1. The number of benzene rings is 1. The predicted octanol–water partition coefficient (Wildman–Crippen LogP) is 2.49. The molecular formula is C14H15N2O2+. The van der Waals surface area contributed by atoms with Crippen molar-refractivity contribution < 1.29 is 9.49 Å². The second kappa shape index (κ2) is 5.40. The Morgan fingerprint density at radius 1 is 1.06 bits per heavy atom. The first-order valence-electron chi connectivity index (χ1n) is 5.90. The number of aryl methyl sites for hydroxylation is 1. The second-order valence-corrected chi connectivity index (χ2v) is 4.16. The van der Waals surface area contributed by atoms with Gasteiger partial charge in [-0.05, 0) is 24.1 Å². The molecule has 4 heteroatoms. The van der Waals surface area contributed by atoms with Crippen molar-refractivity contribution in [2.45, 2.75) is 19.9 Å². The molecule has 1 aromatic carbocycles. The van der Waals surface area contributed by atoms with Gasteiger partial charge in [0.05, 0.1) is 4.92 Å². The predicted molar refractivity (Wildman–Crippen MR) is 68.2 cm³/mol. The minimum atomic E-state index is -0.382. The summed E-state index contributed by atoms with van der Waals surface area (Å²) >= 11 is 0. The summed E-state index contributed by atoms with van der Waals surface area (Å²) in [5.41, 5.74) is 2.48. The molecule has 0 aliphatic heterocycles. The molecule has 1 aromatic heterocycles. The Kier molecular flexibility index (Phi) is 3.67. The molecule has 0 radical (unpaired) electrons. The quantitative estimate of drug-likeness (QED) is 0.470. The fourth-order valence-electron chi connectivity index (χ4n) is 1.76. The van der Waals surface area contributed by atoms with Crippen LogP contribution >= 0.6 is 0 Å². The zero-order valence-electron chi connectivity index (χ0n) is 10.2. The molecular weight excluding hydrogens is 228 g/mol. The molecule has 0 unspecified atom stereocenters. The lowest BCUT2D eigenvalue weighted by Crippen LogP contribution is -2.33. The van der Waals surface area contributed by atoms with Crippen LogP contribution in [0.5, 0.6) is 0 Å². The first-order valence-corrected chi connectivity index (χ1v) is 5.90. The standard InChI is InChI=1S/C14H15N2O2/c1-2-12-7-9-15(10-8-12)11-13-3-5-14(6-4-13)16(17)18/h3-10H,2,11H2,1H3/q+1. The van der Waals surface area contributed by atoms with E-state index in [1.165, 1.54) is 17.7 Å². The Bertz CT molecular complexity index is 533. The molecule has 18 heavy (non-hydrogen) atoms. The third-order valence-electron chi connectivity index (χ3n) is 2.88. The molecule has 0 aliphatic carbocycles. The third-order valence-corrected chi connectivity index (χ3v) is 2.88. The van der Waals surface area contributed by atoms with E-state index < -0.39 is 0 Å². The SMILES string of the molecule is CCc1cc[n+](Cc2ccc([N+](=O)[O-])cc2)cc1. The molecule has 2 rings (SSSR count). The number of pyridine rings is 1. The summed E-state index contributed by atoms with van der Waals surface area (Å²) in [6.45, 7) is 2.85. The summed E-state index contributed by atoms with van der Waals surface area (Å²) < 4.78 is 2.06. The summed E-state index contributed by atoms with van der Waals surface area (Å²) in [5.74, 6) is 0. The van der Waals surface area contributed by atoms with E-state index in [9.17, 15) is 10.1 Å². The summed E-state index contributed by atoms with van der Waals surface area (Å²) in [7, 11) is 0. The summed E-state index contributed by atoms with van der Waals surface area (Å²) in [6, 6.07) is 10.8. The van der Waals surface area contributed by atoms with Gasteiger partial charge in [-0.1, -0.05) is 6.92 Å². The number of hydrogen-bond acceptors (Lipinski definition) is 2. The maximum Gasteiger partial charge on any atom is 0.269 e. The third kappa shape index (κ3) is 2.91. The molecule has 2 aromatic rings. The van der Waals surface area contributed by atoms with Gasteiger partial charge in [-0.15, -0.1) is 0 Å². The van der Waals surface area contributed by atoms with Crippen LogP contribution in [0.4, 0.5) is 5.69 Å². The van der Waals surface area contributed by atoms with Crippen molar-refractivity contribution in [3.63, 3.8) is 0 Å². The largest absolute Gasteiger partial charge is 0.269 e. The van der Waals surface area contributed by atoms with Gasteiger partial charge in [-0.3, -0.25) is 10.1 Å². The van der Waals surface area contributed by atoms with Crippen molar-refractivity contribution >= 4 is 5.69 Å². The Balaban J connectivity index is 2.10. The van der Waals surface area contributed by atoms with E-state index in [0.29, 0.717) is 0 Å². The van der Waals surface area contributed by atoms with Crippen LogP contribution in [0, 0.1) is 10.1 Å². The molecule has 1 heterocycles. The van der Waals surface area contributed by atoms with Gasteiger partial charge in [-0.2, -0.15) is 0 Å². The number of nitrogens with zero attached hydrogens (tertiary/aromatic N) is 2. The van der Waals surface area contributed by atoms with Crippen molar-refractivity contribution in [3.8, 4) is 0 Å². The van der Waals surface area contributed by atoms with Gasteiger partial charge in [0.2, 0.25) is 0 Å². The van der Waals surface area contributed by atoms with Gasteiger partial charge < -0.3 is 0 Å². The van der Waals surface area contributed by atoms with Gasteiger partial charge in [0, 0.05) is 29.8 Å². The second-order valence-electron chi connectivity index (χ2n) is 4.16. The number of non-ortho nitro benzene ring substituents is 1. The minimum absolute atomic E-state index is 0.130.